The molecule has 0 aliphatic heterocycles. The van der Waals surface area contributed by atoms with Crippen LogP contribution in [0.2, 0.25) is 0 Å². The molecule has 2 rings (SSSR count). The molecular weight excluding hydrogens is 339 g/mol. The number of nitrogens with two attached hydrogens (primary N) is 2. The molecule has 0 aromatic carbocycles. The second-order valence-corrected chi connectivity index (χ2v) is 5.84. The smallest absolute Gasteiger partial charge is 0.252 e. The fourth-order valence-corrected chi connectivity index (χ4v) is 2.32. The van der Waals surface area contributed by atoms with Crippen molar-refractivity contribution < 1.29 is 14.0 Å². The van der Waals surface area contributed by atoms with Crippen LogP contribution in [0.5, 0.6) is 0 Å². The predicted molar refractivity (Wildman–Crippen MR) is 96.4 cm³/mol. The van der Waals surface area contributed by atoms with Crippen molar-refractivity contribution in [2.24, 2.45) is 17.4 Å². The summed E-state index contributed by atoms with van der Waals surface area (Å²) >= 11 is 0. The molecule has 6 N–H and O–H groups in total. The van der Waals surface area contributed by atoms with Crippen molar-refractivity contribution in [1.29, 1.82) is 0 Å². The summed E-state index contributed by atoms with van der Waals surface area (Å²) in [5.74, 6) is -2.57. The average molecular weight is 360 g/mol. The highest BCUT2D eigenvalue weighted by Gasteiger charge is 2.18. The van der Waals surface area contributed by atoms with Crippen molar-refractivity contribution in [3.8, 4) is 0 Å². The van der Waals surface area contributed by atoms with Gasteiger partial charge < -0.3 is 22.1 Å². The van der Waals surface area contributed by atoms with Crippen LogP contribution in [0.4, 0.5) is 21.7 Å². The molecule has 8 nitrogen and oxygen atoms in total. The average Bonchev–Trinajstić information content (AvgIpc) is 2.57. The summed E-state index contributed by atoms with van der Waals surface area (Å²) in [5.41, 5.74) is 12.0. The summed E-state index contributed by atoms with van der Waals surface area (Å²) in [6.45, 7) is 3.78. The largest absolute Gasteiger partial charge is 0.369 e. The molecule has 0 aliphatic carbocycles. The van der Waals surface area contributed by atoms with Crippen molar-refractivity contribution in [2.75, 3.05) is 17.2 Å². The van der Waals surface area contributed by atoms with E-state index in [1.54, 1.807) is 19.2 Å². The summed E-state index contributed by atoms with van der Waals surface area (Å²) in [6.07, 6.45) is 3.71. The van der Waals surface area contributed by atoms with Gasteiger partial charge >= 0.3 is 0 Å². The molecule has 2 aromatic rings. The Morgan fingerprint density at radius 2 is 1.96 bits per heavy atom. The summed E-state index contributed by atoms with van der Waals surface area (Å²) in [7, 11) is 0. The van der Waals surface area contributed by atoms with Crippen LogP contribution in [0.1, 0.15) is 29.3 Å². The minimum absolute atomic E-state index is 0.0842. The third-order valence-corrected chi connectivity index (χ3v) is 3.79. The Bertz CT molecular complexity index is 827. The van der Waals surface area contributed by atoms with E-state index < -0.39 is 23.5 Å². The van der Waals surface area contributed by atoms with E-state index in [0.29, 0.717) is 12.1 Å². The third-order valence-electron chi connectivity index (χ3n) is 3.79. The zero-order chi connectivity index (χ0) is 19.3. The summed E-state index contributed by atoms with van der Waals surface area (Å²) < 4.78 is 14.3. The topological polar surface area (TPSA) is 136 Å². The quantitative estimate of drug-likeness (QED) is 0.565. The van der Waals surface area contributed by atoms with Gasteiger partial charge in [-0.25, -0.2) is 9.37 Å². The summed E-state index contributed by atoms with van der Waals surface area (Å²) in [5, 5.41) is 5.67. The molecule has 2 amide bonds. The standard InChI is InChI=1S/C17H21FN6O2/c1-3-10(14(19)25)7-22-17-13(18)5-12(15(20)26)16(24-17)23-11-4-9(2)6-21-8-11/h4-6,8,10H,3,7H2,1-2H3,(H2,19,25)(H2,20,26)(H2,22,23,24). The lowest BCUT2D eigenvalue weighted by Crippen LogP contribution is -2.29. The summed E-state index contributed by atoms with van der Waals surface area (Å²) in [6, 6.07) is 2.78. The van der Waals surface area contributed by atoms with E-state index in [1.165, 1.54) is 6.20 Å². The molecule has 0 spiro atoms. The minimum atomic E-state index is -0.824. The Hall–Kier alpha value is -3.23. The van der Waals surface area contributed by atoms with E-state index in [4.69, 9.17) is 11.5 Å². The lowest BCUT2D eigenvalue weighted by molar-refractivity contribution is -0.121. The molecule has 138 valence electrons. The van der Waals surface area contributed by atoms with Crippen LogP contribution in [0.25, 0.3) is 0 Å². The van der Waals surface area contributed by atoms with Crippen molar-refractivity contribution in [1.82, 2.24) is 9.97 Å². The highest BCUT2D eigenvalue weighted by Crippen LogP contribution is 2.24. The van der Waals surface area contributed by atoms with Gasteiger partial charge in [-0.05, 0) is 31.0 Å². The molecule has 26 heavy (non-hydrogen) atoms. The second kappa shape index (κ2) is 8.24. The normalized spacial score (nSPS) is 11.7. The third kappa shape index (κ3) is 4.65. The highest BCUT2D eigenvalue weighted by atomic mass is 19.1. The van der Waals surface area contributed by atoms with E-state index in [2.05, 4.69) is 20.6 Å². The highest BCUT2D eigenvalue weighted by molar-refractivity contribution is 5.98. The molecule has 0 saturated heterocycles. The van der Waals surface area contributed by atoms with Gasteiger partial charge in [0.2, 0.25) is 5.91 Å². The van der Waals surface area contributed by atoms with Gasteiger partial charge in [0.25, 0.3) is 5.91 Å². The summed E-state index contributed by atoms with van der Waals surface area (Å²) in [4.78, 5) is 31.1. The van der Waals surface area contributed by atoms with Crippen LogP contribution in [-0.2, 0) is 4.79 Å². The molecule has 0 saturated carbocycles. The molecule has 2 heterocycles. The molecule has 0 fully saturated rings. The number of nitrogens with one attached hydrogen (secondary N) is 2. The van der Waals surface area contributed by atoms with Crippen LogP contribution >= 0.6 is 0 Å². The molecule has 1 unspecified atom stereocenters. The maximum Gasteiger partial charge on any atom is 0.252 e. The molecule has 0 aliphatic rings. The van der Waals surface area contributed by atoms with Gasteiger partial charge in [-0.15, -0.1) is 0 Å². The SMILES string of the molecule is CCC(CNc1nc(Nc2cncc(C)c2)c(C(N)=O)cc1F)C(N)=O. The van der Waals surface area contributed by atoms with Gasteiger partial charge in [-0.2, -0.15) is 0 Å². The Labute approximate surface area is 150 Å². The van der Waals surface area contributed by atoms with Crippen LogP contribution in [0.3, 0.4) is 0 Å². The number of hydrogen-bond donors (Lipinski definition) is 4. The zero-order valence-electron chi connectivity index (χ0n) is 14.5. The van der Waals surface area contributed by atoms with Crippen LogP contribution < -0.4 is 22.1 Å². The van der Waals surface area contributed by atoms with Gasteiger partial charge in [-0.1, -0.05) is 6.92 Å². The van der Waals surface area contributed by atoms with Crippen LogP contribution in [0.15, 0.2) is 24.5 Å². The molecule has 0 bridgehead atoms. The first-order valence-electron chi connectivity index (χ1n) is 8.04. The fourth-order valence-electron chi connectivity index (χ4n) is 2.32. The first-order chi connectivity index (χ1) is 12.3. The number of nitrogens with zero attached hydrogens (tertiary/aromatic N) is 2. The van der Waals surface area contributed by atoms with E-state index >= 15 is 0 Å². The monoisotopic (exact) mass is 360 g/mol. The zero-order valence-corrected chi connectivity index (χ0v) is 14.5. The van der Waals surface area contributed by atoms with Crippen LogP contribution in [-0.4, -0.2) is 28.3 Å². The molecule has 1 atom stereocenters. The number of rotatable bonds is 8. The number of aryl methyl sites for hydroxylation is 1. The number of halogens is 1. The van der Waals surface area contributed by atoms with Crippen molar-refractivity contribution in [3.63, 3.8) is 0 Å². The van der Waals surface area contributed by atoms with E-state index in [1.807, 2.05) is 6.92 Å². The number of anilines is 3. The first kappa shape index (κ1) is 19.1. The van der Waals surface area contributed by atoms with Gasteiger partial charge in [0, 0.05) is 12.7 Å². The Morgan fingerprint density at radius 3 is 2.54 bits per heavy atom. The van der Waals surface area contributed by atoms with Crippen molar-refractivity contribution in [3.05, 3.63) is 41.5 Å². The molecule has 9 heteroatoms. The second-order valence-electron chi connectivity index (χ2n) is 5.84. The predicted octanol–water partition coefficient (Wildman–Crippen LogP) is 1.69. The van der Waals surface area contributed by atoms with E-state index in [-0.39, 0.29) is 23.7 Å². The number of aromatic nitrogens is 2. The van der Waals surface area contributed by atoms with Crippen molar-refractivity contribution in [2.45, 2.75) is 20.3 Å². The Kier molecular flexibility index (Phi) is 6.05. The number of primary amides is 2. The lowest BCUT2D eigenvalue weighted by atomic mass is 10.1. The van der Waals surface area contributed by atoms with E-state index in [9.17, 15) is 14.0 Å². The number of carbonyl (C=O) groups is 2. The van der Waals surface area contributed by atoms with Gasteiger partial charge in [-0.3, -0.25) is 14.6 Å². The number of amides is 2. The van der Waals surface area contributed by atoms with Crippen molar-refractivity contribution >= 4 is 29.1 Å². The van der Waals surface area contributed by atoms with Crippen LogP contribution in [0, 0.1) is 18.7 Å². The fraction of sp³-hybridized carbons (Fsp3) is 0.294. The Balaban J connectivity index is 2.33. The molecular formula is C17H21FN6O2. The number of pyridine rings is 2. The van der Waals surface area contributed by atoms with Gasteiger partial charge in [0.05, 0.1) is 23.4 Å². The molecule has 0 radical (unpaired) electrons. The number of carbonyl (C=O) groups excluding carboxylic acids is 2. The van der Waals surface area contributed by atoms with Gasteiger partial charge in [0.1, 0.15) is 5.82 Å². The maximum atomic E-state index is 14.3. The Morgan fingerprint density at radius 1 is 1.23 bits per heavy atom. The number of hydrogen-bond acceptors (Lipinski definition) is 6. The van der Waals surface area contributed by atoms with Gasteiger partial charge in [0.15, 0.2) is 11.6 Å². The van der Waals surface area contributed by atoms with E-state index in [0.717, 1.165) is 11.6 Å². The minimum Gasteiger partial charge on any atom is -0.369 e. The molecule has 2 aromatic heterocycles. The lowest BCUT2D eigenvalue weighted by Gasteiger charge is -2.15. The maximum absolute atomic E-state index is 14.3. The first-order valence-corrected chi connectivity index (χ1v) is 8.04.